The lowest BCUT2D eigenvalue weighted by molar-refractivity contribution is 0.387. The number of anilines is 1. The Bertz CT molecular complexity index is 1090. The van der Waals surface area contributed by atoms with Crippen molar-refractivity contribution in [3.05, 3.63) is 47.7 Å². The zero-order valence-corrected chi connectivity index (χ0v) is 17.0. The standard InChI is InChI=1S/C19H22ClN5O2S/c1-28(26,27)24-15-8-6-14(7-9-15)22-19-21-12-16(20)18(23-19)25-11-10-13-4-2-3-5-17(13)25/h2-5,10-12,14-15,24H,6-9H2,1H3,(H,21,22,23). The fourth-order valence-electron chi connectivity index (χ4n) is 3.71. The quantitative estimate of drug-likeness (QED) is 0.662. The van der Waals surface area contributed by atoms with Crippen LogP contribution in [0.2, 0.25) is 5.02 Å². The van der Waals surface area contributed by atoms with E-state index in [4.69, 9.17) is 11.6 Å². The van der Waals surface area contributed by atoms with E-state index >= 15 is 0 Å². The van der Waals surface area contributed by atoms with E-state index < -0.39 is 10.0 Å². The van der Waals surface area contributed by atoms with Crippen LogP contribution in [-0.2, 0) is 10.0 Å². The topological polar surface area (TPSA) is 88.9 Å². The molecule has 148 valence electrons. The van der Waals surface area contributed by atoms with Crippen molar-refractivity contribution in [2.24, 2.45) is 0 Å². The summed E-state index contributed by atoms with van der Waals surface area (Å²) in [6, 6.07) is 10.3. The van der Waals surface area contributed by atoms with Crippen molar-refractivity contribution in [3.63, 3.8) is 0 Å². The normalized spacial score (nSPS) is 20.4. The highest BCUT2D eigenvalue weighted by molar-refractivity contribution is 7.88. The Morgan fingerprint density at radius 3 is 2.57 bits per heavy atom. The second-order valence-electron chi connectivity index (χ2n) is 7.19. The Kier molecular flexibility index (Phi) is 5.27. The maximum atomic E-state index is 11.4. The number of nitrogens with one attached hydrogen (secondary N) is 2. The molecule has 1 aliphatic carbocycles. The van der Waals surface area contributed by atoms with Crippen molar-refractivity contribution in [3.8, 4) is 5.82 Å². The molecule has 0 amide bonds. The average molecular weight is 420 g/mol. The largest absolute Gasteiger partial charge is 0.351 e. The molecule has 2 heterocycles. The Hall–Kier alpha value is -2.16. The molecule has 0 radical (unpaired) electrons. The second kappa shape index (κ2) is 7.69. The van der Waals surface area contributed by atoms with Crippen LogP contribution in [0.3, 0.4) is 0 Å². The first-order valence-corrected chi connectivity index (χ1v) is 11.5. The number of fused-ring (bicyclic) bond motifs is 1. The number of rotatable bonds is 5. The van der Waals surface area contributed by atoms with E-state index in [0.717, 1.165) is 36.6 Å². The first kappa shape index (κ1) is 19.2. The number of halogens is 1. The number of nitrogens with zero attached hydrogens (tertiary/aromatic N) is 3. The lowest BCUT2D eigenvalue weighted by atomic mass is 9.92. The Morgan fingerprint density at radius 1 is 1.11 bits per heavy atom. The van der Waals surface area contributed by atoms with Gasteiger partial charge in [0.15, 0.2) is 5.82 Å². The van der Waals surface area contributed by atoms with Crippen molar-refractivity contribution in [1.82, 2.24) is 19.3 Å². The van der Waals surface area contributed by atoms with Gasteiger partial charge in [0.25, 0.3) is 0 Å². The van der Waals surface area contributed by atoms with Gasteiger partial charge in [-0.15, -0.1) is 0 Å². The number of hydrogen-bond donors (Lipinski definition) is 2. The van der Waals surface area contributed by atoms with Gasteiger partial charge in [0.1, 0.15) is 5.02 Å². The predicted octanol–water partition coefficient (Wildman–Crippen LogP) is 3.35. The number of para-hydroxylation sites is 1. The molecule has 3 aromatic rings. The van der Waals surface area contributed by atoms with Crippen molar-refractivity contribution in [1.29, 1.82) is 0 Å². The highest BCUT2D eigenvalue weighted by atomic mass is 35.5. The van der Waals surface area contributed by atoms with Crippen LogP contribution in [0, 0.1) is 0 Å². The van der Waals surface area contributed by atoms with E-state index in [0.29, 0.717) is 16.8 Å². The SMILES string of the molecule is CS(=O)(=O)NC1CCC(Nc2ncc(Cl)c(-n3ccc4ccccc43)n2)CC1. The van der Waals surface area contributed by atoms with Crippen LogP contribution in [0.4, 0.5) is 5.95 Å². The molecular weight excluding hydrogens is 398 g/mol. The van der Waals surface area contributed by atoms with Gasteiger partial charge < -0.3 is 5.32 Å². The average Bonchev–Trinajstić information content (AvgIpc) is 3.08. The fraction of sp³-hybridized carbons (Fsp3) is 0.368. The van der Waals surface area contributed by atoms with Gasteiger partial charge in [-0.1, -0.05) is 29.8 Å². The van der Waals surface area contributed by atoms with E-state index in [-0.39, 0.29) is 12.1 Å². The van der Waals surface area contributed by atoms with Crippen molar-refractivity contribution < 1.29 is 8.42 Å². The predicted molar refractivity (Wildman–Crippen MR) is 112 cm³/mol. The minimum absolute atomic E-state index is 0.000913. The molecule has 0 aliphatic heterocycles. The van der Waals surface area contributed by atoms with Gasteiger partial charge in [0, 0.05) is 18.3 Å². The smallest absolute Gasteiger partial charge is 0.224 e. The van der Waals surface area contributed by atoms with Crippen LogP contribution in [0.5, 0.6) is 0 Å². The summed E-state index contributed by atoms with van der Waals surface area (Å²) < 4.78 is 27.4. The van der Waals surface area contributed by atoms with Crippen LogP contribution >= 0.6 is 11.6 Å². The molecule has 28 heavy (non-hydrogen) atoms. The Labute approximate surface area is 169 Å². The van der Waals surface area contributed by atoms with Crippen molar-refractivity contribution >= 4 is 38.5 Å². The minimum atomic E-state index is -3.17. The molecule has 1 fully saturated rings. The Balaban J connectivity index is 1.49. The molecule has 0 atom stereocenters. The van der Waals surface area contributed by atoms with E-state index in [1.54, 1.807) is 6.20 Å². The fourth-order valence-corrected chi connectivity index (χ4v) is 4.73. The summed E-state index contributed by atoms with van der Waals surface area (Å²) in [5.74, 6) is 1.16. The minimum Gasteiger partial charge on any atom is -0.351 e. The van der Waals surface area contributed by atoms with Crippen LogP contribution in [0.25, 0.3) is 16.7 Å². The number of aromatic nitrogens is 3. The lowest BCUT2D eigenvalue weighted by Gasteiger charge is -2.29. The van der Waals surface area contributed by atoms with E-state index in [1.165, 1.54) is 6.26 Å². The van der Waals surface area contributed by atoms with E-state index in [2.05, 4.69) is 20.0 Å². The van der Waals surface area contributed by atoms with Crippen LogP contribution in [0.15, 0.2) is 42.7 Å². The van der Waals surface area contributed by atoms with Crippen LogP contribution in [0.1, 0.15) is 25.7 Å². The monoisotopic (exact) mass is 419 g/mol. The molecule has 2 N–H and O–H groups in total. The summed E-state index contributed by atoms with van der Waals surface area (Å²) in [7, 11) is -3.17. The molecule has 0 unspecified atom stereocenters. The first-order chi connectivity index (χ1) is 13.4. The van der Waals surface area contributed by atoms with Gasteiger partial charge >= 0.3 is 0 Å². The molecular formula is C19H22ClN5O2S. The summed E-state index contributed by atoms with van der Waals surface area (Å²) in [5, 5.41) is 4.96. The summed E-state index contributed by atoms with van der Waals surface area (Å²) in [5.41, 5.74) is 1.03. The summed E-state index contributed by atoms with van der Waals surface area (Å²) >= 11 is 6.37. The highest BCUT2D eigenvalue weighted by Gasteiger charge is 2.24. The summed E-state index contributed by atoms with van der Waals surface area (Å²) in [4.78, 5) is 8.96. The molecule has 2 aromatic heterocycles. The van der Waals surface area contributed by atoms with Crippen LogP contribution in [-0.4, -0.2) is 41.3 Å². The summed E-state index contributed by atoms with van der Waals surface area (Å²) in [6.07, 6.45) is 8.02. The third-order valence-electron chi connectivity index (χ3n) is 4.99. The molecule has 1 aromatic carbocycles. The number of hydrogen-bond acceptors (Lipinski definition) is 5. The van der Waals surface area contributed by atoms with Gasteiger partial charge in [0.05, 0.1) is 18.0 Å². The summed E-state index contributed by atoms with van der Waals surface area (Å²) in [6.45, 7) is 0. The van der Waals surface area contributed by atoms with Gasteiger partial charge in [-0.05, 0) is 43.2 Å². The van der Waals surface area contributed by atoms with E-state index in [1.807, 2.05) is 41.1 Å². The third-order valence-corrected chi connectivity index (χ3v) is 6.02. The molecule has 1 aliphatic rings. The van der Waals surface area contributed by atoms with Gasteiger partial charge in [-0.3, -0.25) is 4.57 Å². The van der Waals surface area contributed by atoms with Crippen molar-refractivity contribution in [2.75, 3.05) is 11.6 Å². The maximum absolute atomic E-state index is 11.4. The zero-order chi connectivity index (χ0) is 19.7. The van der Waals surface area contributed by atoms with Crippen molar-refractivity contribution in [2.45, 2.75) is 37.8 Å². The molecule has 0 spiro atoms. The van der Waals surface area contributed by atoms with Gasteiger partial charge in [-0.25, -0.2) is 18.1 Å². The molecule has 1 saturated carbocycles. The van der Waals surface area contributed by atoms with E-state index in [9.17, 15) is 8.42 Å². The number of sulfonamides is 1. The third kappa shape index (κ3) is 4.29. The molecule has 9 heteroatoms. The van der Waals surface area contributed by atoms with Gasteiger partial charge in [0.2, 0.25) is 16.0 Å². The molecule has 7 nitrogen and oxygen atoms in total. The lowest BCUT2D eigenvalue weighted by Crippen LogP contribution is -2.39. The zero-order valence-electron chi connectivity index (χ0n) is 15.5. The number of benzene rings is 1. The van der Waals surface area contributed by atoms with Crippen LogP contribution < -0.4 is 10.0 Å². The van der Waals surface area contributed by atoms with Gasteiger partial charge in [-0.2, -0.15) is 4.98 Å². The highest BCUT2D eigenvalue weighted by Crippen LogP contribution is 2.26. The first-order valence-electron chi connectivity index (χ1n) is 9.22. The molecule has 4 rings (SSSR count). The maximum Gasteiger partial charge on any atom is 0.224 e. The second-order valence-corrected chi connectivity index (χ2v) is 9.38. The molecule has 0 saturated heterocycles. The molecule has 0 bridgehead atoms. The Morgan fingerprint density at radius 2 is 1.82 bits per heavy atom.